The first-order valence-corrected chi connectivity index (χ1v) is 5.87. The molecule has 2 rings (SSSR count). The smallest absolute Gasteiger partial charge is 0.167 e. The summed E-state index contributed by atoms with van der Waals surface area (Å²) in [6.07, 6.45) is 2.46. The van der Waals surface area contributed by atoms with E-state index in [2.05, 4.69) is 0 Å². The van der Waals surface area contributed by atoms with Crippen molar-refractivity contribution in [3.63, 3.8) is 0 Å². The molecule has 0 saturated heterocycles. The van der Waals surface area contributed by atoms with Crippen molar-refractivity contribution in [1.82, 2.24) is 0 Å². The highest BCUT2D eigenvalue weighted by molar-refractivity contribution is 5.98. The predicted molar refractivity (Wildman–Crippen MR) is 62.6 cm³/mol. The first kappa shape index (κ1) is 12.0. The molecule has 3 nitrogen and oxygen atoms in total. The minimum absolute atomic E-state index is 0.0813. The van der Waals surface area contributed by atoms with Gasteiger partial charge in [0.25, 0.3) is 0 Å². The van der Waals surface area contributed by atoms with Gasteiger partial charge in [0.15, 0.2) is 17.3 Å². The van der Waals surface area contributed by atoms with Crippen molar-refractivity contribution in [3.05, 3.63) is 29.6 Å². The van der Waals surface area contributed by atoms with Crippen LogP contribution in [0.25, 0.3) is 0 Å². The van der Waals surface area contributed by atoms with Crippen LogP contribution >= 0.6 is 0 Å². The van der Waals surface area contributed by atoms with Crippen LogP contribution in [0.2, 0.25) is 0 Å². The molecule has 1 fully saturated rings. The van der Waals surface area contributed by atoms with Gasteiger partial charge in [0.1, 0.15) is 0 Å². The Balaban J connectivity index is 2.16. The maximum Gasteiger partial charge on any atom is 0.167 e. The molecule has 92 valence electrons. The Labute approximate surface area is 99.8 Å². The number of nitrogens with two attached hydrogens (primary N) is 1. The fourth-order valence-corrected chi connectivity index (χ4v) is 1.63. The number of hydrogen-bond donors (Lipinski definition) is 1. The highest BCUT2D eigenvalue weighted by Gasteiger charge is 2.24. The number of carbonyl (C=O) groups excluding carboxylic acids is 1. The summed E-state index contributed by atoms with van der Waals surface area (Å²) in [5.41, 5.74) is 5.63. The number of hydrogen-bond acceptors (Lipinski definition) is 3. The lowest BCUT2D eigenvalue weighted by atomic mass is 10.1. The molecule has 0 unspecified atom stereocenters. The van der Waals surface area contributed by atoms with E-state index in [1.807, 2.05) is 0 Å². The molecule has 0 bridgehead atoms. The predicted octanol–water partition coefficient (Wildman–Crippen LogP) is 2.15. The molecule has 1 aliphatic rings. The molecule has 0 aliphatic heterocycles. The fraction of sp³-hybridized carbons (Fsp3) is 0.462. The Hall–Kier alpha value is -1.42. The number of halogens is 1. The second-order valence-electron chi connectivity index (χ2n) is 4.33. The highest BCUT2D eigenvalue weighted by atomic mass is 19.1. The van der Waals surface area contributed by atoms with Crippen LogP contribution in [0.5, 0.6) is 5.75 Å². The molecular weight excluding hydrogens is 221 g/mol. The van der Waals surface area contributed by atoms with E-state index in [0.717, 1.165) is 12.8 Å². The van der Waals surface area contributed by atoms with Crippen LogP contribution in [0.15, 0.2) is 18.2 Å². The van der Waals surface area contributed by atoms with Gasteiger partial charge in [0.05, 0.1) is 12.2 Å². The van der Waals surface area contributed by atoms with Crippen LogP contribution in [0.1, 0.15) is 29.6 Å². The van der Waals surface area contributed by atoms with E-state index in [-0.39, 0.29) is 24.5 Å². The van der Waals surface area contributed by atoms with Gasteiger partial charge >= 0.3 is 0 Å². The van der Waals surface area contributed by atoms with Crippen LogP contribution in [0, 0.1) is 11.7 Å². The van der Waals surface area contributed by atoms with E-state index in [4.69, 9.17) is 10.5 Å². The van der Waals surface area contributed by atoms with Gasteiger partial charge in [-0.25, -0.2) is 4.39 Å². The maximum absolute atomic E-state index is 13.6. The van der Waals surface area contributed by atoms with Crippen molar-refractivity contribution in [2.45, 2.75) is 19.3 Å². The molecule has 4 heteroatoms. The number of carbonyl (C=O) groups is 1. The Kier molecular flexibility index (Phi) is 3.74. The second kappa shape index (κ2) is 5.27. The zero-order valence-corrected chi connectivity index (χ0v) is 9.62. The quantitative estimate of drug-likeness (QED) is 0.771. The van der Waals surface area contributed by atoms with Crippen LogP contribution in [-0.2, 0) is 0 Å². The Morgan fingerprint density at radius 3 is 2.88 bits per heavy atom. The summed E-state index contributed by atoms with van der Waals surface area (Å²) in [7, 11) is 0. The molecule has 0 amide bonds. The van der Waals surface area contributed by atoms with E-state index in [0.29, 0.717) is 18.1 Å². The van der Waals surface area contributed by atoms with Crippen molar-refractivity contribution >= 4 is 5.78 Å². The van der Waals surface area contributed by atoms with Crippen LogP contribution in [0.3, 0.4) is 0 Å². The number of ketones is 1. The third kappa shape index (κ3) is 3.03. The first-order chi connectivity index (χ1) is 8.22. The van der Waals surface area contributed by atoms with Gasteiger partial charge in [-0.1, -0.05) is 6.07 Å². The second-order valence-corrected chi connectivity index (χ2v) is 4.33. The molecule has 0 aromatic heterocycles. The molecule has 0 heterocycles. The largest absolute Gasteiger partial charge is 0.489 e. The third-order valence-electron chi connectivity index (χ3n) is 2.80. The lowest BCUT2D eigenvalue weighted by Gasteiger charge is -2.11. The summed E-state index contributed by atoms with van der Waals surface area (Å²) >= 11 is 0. The molecule has 1 saturated carbocycles. The third-order valence-corrected chi connectivity index (χ3v) is 2.80. The summed E-state index contributed by atoms with van der Waals surface area (Å²) in [6.45, 7) is 0.751. The molecule has 0 spiro atoms. The zero-order valence-electron chi connectivity index (χ0n) is 9.62. The molecule has 0 atom stereocenters. The first-order valence-electron chi connectivity index (χ1n) is 5.87. The van der Waals surface area contributed by atoms with Crippen LogP contribution in [-0.4, -0.2) is 18.9 Å². The summed E-state index contributed by atoms with van der Waals surface area (Å²) in [6, 6.07) is 4.41. The highest BCUT2D eigenvalue weighted by Crippen LogP contribution is 2.31. The standard InChI is InChI=1S/C13H16FNO2/c14-11-3-1-2-10(12(16)6-7-15)13(11)17-8-9-4-5-9/h1-3,9H,4-8,15H2. The average Bonchev–Trinajstić information content (AvgIpc) is 3.11. The van der Waals surface area contributed by atoms with Crippen molar-refractivity contribution in [2.24, 2.45) is 11.7 Å². The maximum atomic E-state index is 13.6. The topological polar surface area (TPSA) is 52.3 Å². The molecule has 1 aromatic carbocycles. The minimum atomic E-state index is -0.478. The summed E-state index contributed by atoms with van der Waals surface area (Å²) < 4.78 is 19.0. The van der Waals surface area contributed by atoms with E-state index >= 15 is 0 Å². The van der Waals surface area contributed by atoms with Gasteiger partial charge in [-0.2, -0.15) is 0 Å². The number of rotatable bonds is 6. The van der Waals surface area contributed by atoms with Crippen molar-refractivity contribution in [3.8, 4) is 5.75 Å². The number of ether oxygens (including phenoxy) is 1. The molecule has 1 aromatic rings. The van der Waals surface area contributed by atoms with Gasteiger partial charge in [0.2, 0.25) is 0 Å². The Bertz CT molecular complexity index is 416. The molecule has 1 aliphatic carbocycles. The summed E-state index contributed by atoms with van der Waals surface area (Å²) in [4.78, 5) is 11.8. The molecule has 2 N–H and O–H groups in total. The molecule has 17 heavy (non-hydrogen) atoms. The van der Waals surface area contributed by atoms with Crippen molar-refractivity contribution < 1.29 is 13.9 Å². The normalized spacial score (nSPS) is 14.7. The van der Waals surface area contributed by atoms with Gasteiger partial charge < -0.3 is 10.5 Å². The SMILES string of the molecule is NCCC(=O)c1cccc(F)c1OCC1CC1. The van der Waals surface area contributed by atoms with E-state index in [1.54, 1.807) is 6.07 Å². The minimum Gasteiger partial charge on any atom is -0.489 e. The number of para-hydroxylation sites is 1. The van der Waals surface area contributed by atoms with E-state index < -0.39 is 5.82 Å². The van der Waals surface area contributed by atoms with Gasteiger partial charge in [-0.15, -0.1) is 0 Å². The van der Waals surface area contributed by atoms with Crippen molar-refractivity contribution in [1.29, 1.82) is 0 Å². The monoisotopic (exact) mass is 237 g/mol. The lowest BCUT2D eigenvalue weighted by molar-refractivity contribution is 0.0980. The number of Topliss-reactive ketones (excluding diaryl/α,β-unsaturated/α-hetero) is 1. The molecular formula is C13H16FNO2. The summed E-state index contributed by atoms with van der Waals surface area (Å²) in [5.74, 6) is -0.0452. The van der Waals surface area contributed by atoms with Gasteiger partial charge in [0, 0.05) is 6.42 Å². The Morgan fingerprint density at radius 1 is 1.47 bits per heavy atom. The van der Waals surface area contributed by atoms with Crippen LogP contribution < -0.4 is 10.5 Å². The van der Waals surface area contributed by atoms with Crippen LogP contribution in [0.4, 0.5) is 4.39 Å². The molecule has 0 radical (unpaired) electrons. The summed E-state index contributed by atoms with van der Waals surface area (Å²) in [5, 5.41) is 0. The van der Waals surface area contributed by atoms with Crippen molar-refractivity contribution in [2.75, 3.05) is 13.2 Å². The zero-order chi connectivity index (χ0) is 12.3. The lowest BCUT2D eigenvalue weighted by Crippen LogP contribution is -2.11. The van der Waals surface area contributed by atoms with E-state index in [1.165, 1.54) is 12.1 Å². The van der Waals surface area contributed by atoms with Gasteiger partial charge in [-0.05, 0) is 37.4 Å². The fourth-order valence-electron chi connectivity index (χ4n) is 1.63. The number of benzene rings is 1. The Morgan fingerprint density at radius 2 is 2.24 bits per heavy atom. The van der Waals surface area contributed by atoms with E-state index in [9.17, 15) is 9.18 Å². The average molecular weight is 237 g/mol. The van der Waals surface area contributed by atoms with Gasteiger partial charge in [-0.3, -0.25) is 4.79 Å².